The van der Waals surface area contributed by atoms with Gasteiger partial charge in [0.05, 0.1) is 0 Å². The number of nitrogens with one attached hydrogen (secondary N) is 1. The lowest BCUT2D eigenvalue weighted by Crippen LogP contribution is -2.50. The average molecular weight is 404 g/mol. The van der Waals surface area contributed by atoms with Crippen LogP contribution in [0.4, 0.5) is 0 Å². The number of hydrogen-bond donors (Lipinski definition) is 2. The van der Waals surface area contributed by atoms with Crippen molar-refractivity contribution in [1.82, 2.24) is 5.32 Å². The van der Waals surface area contributed by atoms with Crippen molar-refractivity contribution in [2.45, 2.75) is 51.6 Å². The van der Waals surface area contributed by atoms with Gasteiger partial charge in [-0.3, -0.25) is 0 Å². The zero-order valence-electron chi connectivity index (χ0n) is 18.1. The summed E-state index contributed by atoms with van der Waals surface area (Å²) in [6, 6.07) is 14.6. The first-order valence-corrected chi connectivity index (χ1v) is 11.4. The van der Waals surface area contributed by atoms with Crippen LogP contribution in [0.5, 0.6) is 11.5 Å². The van der Waals surface area contributed by atoms with Crippen LogP contribution >= 0.6 is 0 Å². The Morgan fingerprint density at radius 1 is 1.00 bits per heavy atom. The molecule has 5 rings (SSSR count). The molecule has 0 aromatic heterocycles. The second-order valence-corrected chi connectivity index (χ2v) is 8.16. The molecule has 2 unspecified atom stereocenters. The minimum Gasteiger partial charge on any atom is -0.508 e. The Morgan fingerprint density at radius 2 is 1.80 bits per heavy atom. The number of phenolic OH excluding ortho intramolecular Hbond substituents is 1. The summed E-state index contributed by atoms with van der Waals surface area (Å²) in [6.45, 7) is 5.87. The molecule has 0 radical (unpaired) electrons. The van der Waals surface area contributed by atoms with Gasteiger partial charge in [-0.1, -0.05) is 50.3 Å². The third kappa shape index (κ3) is 4.32. The number of rotatable bonds is 4. The summed E-state index contributed by atoms with van der Waals surface area (Å²) in [5.74, 6) is 2.12. The molecule has 1 heterocycles. The van der Waals surface area contributed by atoms with E-state index in [-0.39, 0.29) is 0 Å². The summed E-state index contributed by atoms with van der Waals surface area (Å²) in [7, 11) is 0. The molecule has 2 aromatic rings. The fourth-order valence-electron chi connectivity index (χ4n) is 4.78. The normalized spacial score (nSPS) is 22.8. The molecule has 0 spiro atoms. The predicted molar refractivity (Wildman–Crippen MR) is 123 cm³/mol. The summed E-state index contributed by atoms with van der Waals surface area (Å²) in [4.78, 5) is 0. The molecule has 3 heteroatoms. The van der Waals surface area contributed by atoms with Crippen LogP contribution in [0.15, 0.2) is 66.3 Å². The van der Waals surface area contributed by atoms with E-state index in [0.717, 1.165) is 44.5 Å². The molecule has 0 saturated carbocycles. The summed E-state index contributed by atoms with van der Waals surface area (Å²) in [5, 5.41) is 13.2. The summed E-state index contributed by atoms with van der Waals surface area (Å²) < 4.78 is 6.00. The number of benzene rings is 2. The maximum absolute atomic E-state index is 9.96. The van der Waals surface area contributed by atoms with E-state index in [4.69, 9.17) is 4.74 Å². The van der Waals surface area contributed by atoms with Crippen molar-refractivity contribution in [3.05, 3.63) is 83.0 Å². The fourth-order valence-corrected chi connectivity index (χ4v) is 4.78. The molecule has 1 fully saturated rings. The number of aryl methyl sites for hydroxylation is 1. The van der Waals surface area contributed by atoms with Gasteiger partial charge in [0.1, 0.15) is 17.6 Å². The highest BCUT2D eigenvalue weighted by molar-refractivity contribution is 5.48. The number of aromatic hydroxyl groups is 1. The topological polar surface area (TPSA) is 41.5 Å². The van der Waals surface area contributed by atoms with Gasteiger partial charge in [0.2, 0.25) is 0 Å². The highest BCUT2D eigenvalue weighted by atomic mass is 16.5. The third-order valence-electron chi connectivity index (χ3n) is 6.33. The molecule has 1 saturated heterocycles. The van der Waals surface area contributed by atoms with E-state index in [1.54, 1.807) is 0 Å². The van der Waals surface area contributed by atoms with E-state index in [2.05, 4.69) is 53.9 Å². The van der Waals surface area contributed by atoms with Crippen molar-refractivity contribution >= 4 is 0 Å². The van der Waals surface area contributed by atoms with Gasteiger partial charge in [0, 0.05) is 19.0 Å². The zero-order valence-corrected chi connectivity index (χ0v) is 18.1. The van der Waals surface area contributed by atoms with Gasteiger partial charge in [-0.25, -0.2) is 0 Å². The second kappa shape index (κ2) is 9.53. The fraction of sp³-hybridized carbons (Fsp3) is 0.407. The molecular weight excluding hydrogens is 370 g/mol. The number of allylic oxidation sites excluding steroid dienone is 4. The maximum atomic E-state index is 9.96. The van der Waals surface area contributed by atoms with Crippen LogP contribution in [0.2, 0.25) is 0 Å². The molecule has 2 aromatic carbocycles. The molecule has 3 aliphatic rings. The molecule has 3 nitrogen and oxygen atoms in total. The van der Waals surface area contributed by atoms with Crippen molar-refractivity contribution in [3.63, 3.8) is 0 Å². The lowest BCUT2D eigenvalue weighted by Gasteiger charge is -2.36. The standard InChI is InChI=1S/C25H27NO2.C2H6/c27-20-9-13-24-19(14-20)8-12-23(17-4-2-1-3-5-17)25(24)18-6-10-21(11-7-18)28-22-15-26-16-22;1-2/h2,4-7,9-11,13-14,22-23,25-27H,1,3,8,12,15-16H2;1-2H3. The van der Waals surface area contributed by atoms with Gasteiger partial charge in [-0.2, -0.15) is 0 Å². The first-order valence-electron chi connectivity index (χ1n) is 11.4. The van der Waals surface area contributed by atoms with Crippen LogP contribution in [0.25, 0.3) is 0 Å². The van der Waals surface area contributed by atoms with Gasteiger partial charge in [0.25, 0.3) is 0 Å². The number of ether oxygens (including phenoxy) is 1. The molecule has 2 aliphatic carbocycles. The summed E-state index contributed by atoms with van der Waals surface area (Å²) >= 11 is 0. The van der Waals surface area contributed by atoms with Crippen molar-refractivity contribution in [2.75, 3.05) is 13.1 Å². The Morgan fingerprint density at radius 3 is 2.47 bits per heavy atom. The average Bonchev–Trinajstić information content (AvgIpc) is 2.78. The first-order chi connectivity index (χ1) is 14.8. The van der Waals surface area contributed by atoms with Crippen molar-refractivity contribution < 1.29 is 9.84 Å². The van der Waals surface area contributed by atoms with E-state index in [1.165, 1.54) is 22.3 Å². The highest BCUT2D eigenvalue weighted by Crippen LogP contribution is 2.46. The highest BCUT2D eigenvalue weighted by Gasteiger charge is 2.33. The number of phenols is 1. The number of fused-ring (bicyclic) bond motifs is 1. The van der Waals surface area contributed by atoms with E-state index in [9.17, 15) is 5.11 Å². The predicted octanol–water partition coefficient (Wildman–Crippen LogP) is 5.74. The zero-order chi connectivity index (χ0) is 20.9. The summed E-state index contributed by atoms with van der Waals surface area (Å²) in [5.41, 5.74) is 5.43. The van der Waals surface area contributed by atoms with Gasteiger partial charge < -0.3 is 15.2 Å². The second-order valence-electron chi connectivity index (χ2n) is 8.16. The lowest BCUT2D eigenvalue weighted by atomic mass is 9.68. The van der Waals surface area contributed by atoms with Gasteiger partial charge in [0.15, 0.2) is 0 Å². The van der Waals surface area contributed by atoms with Crippen molar-refractivity contribution in [1.29, 1.82) is 0 Å². The molecule has 158 valence electrons. The Kier molecular flexibility index (Phi) is 6.59. The molecule has 2 N–H and O–H groups in total. The Balaban J connectivity index is 0.00000106. The van der Waals surface area contributed by atoms with E-state index >= 15 is 0 Å². The van der Waals surface area contributed by atoms with Gasteiger partial charge >= 0.3 is 0 Å². The molecule has 2 atom stereocenters. The number of hydrogen-bond acceptors (Lipinski definition) is 3. The summed E-state index contributed by atoms with van der Waals surface area (Å²) in [6.07, 6.45) is 11.8. The molecule has 0 amide bonds. The maximum Gasteiger partial charge on any atom is 0.123 e. The van der Waals surface area contributed by atoms with E-state index < -0.39 is 0 Å². The molecule has 30 heavy (non-hydrogen) atoms. The lowest BCUT2D eigenvalue weighted by molar-refractivity contribution is 0.142. The van der Waals surface area contributed by atoms with Crippen LogP contribution < -0.4 is 10.1 Å². The molecule has 1 aliphatic heterocycles. The smallest absolute Gasteiger partial charge is 0.123 e. The van der Waals surface area contributed by atoms with E-state index in [1.807, 2.05) is 26.0 Å². The van der Waals surface area contributed by atoms with Crippen molar-refractivity contribution in [3.8, 4) is 11.5 Å². The molecule has 0 bridgehead atoms. The monoisotopic (exact) mass is 403 g/mol. The Labute approximate surface area is 180 Å². The minimum absolute atomic E-state index is 0.300. The minimum atomic E-state index is 0.300. The Bertz CT molecular complexity index is 909. The Hall–Kier alpha value is -2.52. The molecular formula is C27H33NO2. The SMILES string of the molecule is CC.Oc1ccc2c(c1)CCC(C1=CCCC=C1)C2c1ccc(OC2CNC2)cc1. The first kappa shape index (κ1) is 20.7. The van der Waals surface area contributed by atoms with Gasteiger partial charge in [-0.15, -0.1) is 0 Å². The van der Waals surface area contributed by atoms with Crippen LogP contribution in [-0.2, 0) is 6.42 Å². The van der Waals surface area contributed by atoms with Crippen LogP contribution in [0, 0.1) is 5.92 Å². The van der Waals surface area contributed by atoms with Crippen LogP contribution in [0.1, 0.15) is 55.7 Å². The van der Waals surface area contributed by atoms with Crippen molar-refractivity contribution in [2.24, 2.45) is 5.92 Å². The largest absolute Gasteiger partial charge is 0.508 e. The van der Waals surface area contributed by atoms with Crippen LogP contribution in [0.3, 0.4) is 0 Å². The van der Waals surface area contributed by atoms with Gasteiger partial charge in [-0.05, 0) is 78.1 Å². The quantitative estimate of drug-likeness (QED) is 0.684. The third-order valence-corrected chi connectivity index (χ3v) is 6.33. The van der Waals surface area contributed by atoms with E-state index in [0.29, 0.717) is 23.7 Å². The van der Waals surface area contributed by atoms with Crippen LogP contribution in [-0.4, -0.2) is 24.3 Å².